The number of rotatable bonds is 8. The molecule has 0 radical (unpaired) electrons. The van der Waals surface area contributed by atoms with Crippen LogP contribution in [-0.4, -0.2) is 19.9 Å². The van der Waals surface area contributed by atoms with Gasteiger partial charge < -0.3 is 9.05 Å². The molecule has 0 spiro atoms. The molecule has 3 nitrogen and oxygen atoms in total. The molecule has 0 rings (SSSR count). The van der Waals surface area contributed by atoms with Crippen molar-refractivity contribution >= 4 is 7.60 Å². The highest BCUT2D eigenvalue weighted by molar-refractivity contribution is 7.54. The molecule has 0 heterocycles. The van der Waals surface area contributed by atoms with Gasteiger partial charge in [0.25, 0.3) is 0 Å². The first-order valence-electron chi connectivity index (χ1n) is 5.35. The third-order valence-electron chi connectivity index (χ3n) is 2.57. The summed E-state index contributed by atoms with van der Waals surface area (Å²) in [7, 11) is 0.0986. The van der Waals surface area contributed by atoms with Crippen LogP contribution < -0.4 is 0 Å². The average molecular weight is 222 g/mol. The summed E-state index contributed by atoms with van der Waals surface area (Å²) in [6.45, 7) is 4.19. The van der Waals surface area contributed by atoms with Gasteiger partial charge in [-0.2, -0.15) is 0 Å². The zero-order valence-corrected chi connectivity index (χ0v) is 10.7. The average Bonchev–Trinajstić information content (AvgIpc) is 2.23. The van der Waals surface area contributed by atoms with Crippen LogP contribution in [0.5, 0.6) is 0 Å². The van der Waals surface area contributed by atoms with Crippen molar-refractivity contribution in [2.24, 2.45) is 0 Å². The first-order valence-corrected chi connectivity index (χ1v) is 6.96. The Bertz CT molecular complexity index is 174. The Hall–Kier alpha value is 0.150. The van der Waals surface area contributed by atoms with Gasteiger partial charge in [-0.05, 0) is 12.8 Å². The second kappa shape index (κ2) is 7.44. The summed E-state index contributed by atoms with van der Waals surface area (Å²) >= 11 is 0. The first kappa shape index (κ1) is 14.2. The lowest BCUT2D eigenvalue weighted by Gasteiger charge is -2.22. The molecule has 0 fully saturated rings. The minimum Gasteiger partial charge on any atom is -0.312 e. The molecule has 0 saturated carbocycles. The van der Waals surface area contributed by atoms with Crippen LogP contribution in [0.4, 0.5) is 0 Å². The van der Waals surface area contributed by atoms with E-state index in [0.29, 0.717) is 0 Å². The molecule has 0 unspecified atom stereocenters. The summed E-state index contributed by atoms with van der Waals surface area (Å²) in [6.07, 6.45) is 5.25. The van der Waals surface area contributed by atoms with Gasteiger partial charge in [0.1, 0.15) is 0 Å². The minimum absolute atomic E-state index is 0.0593. The summed E-state index contributed by atoms with van der Waals surface area (Å²) in [5.74, 6) is 0. The molecule has 0 N–H and O–H groups in total. The highest BCUT2D eigenvalue weighted by Crippen LogP contribution is 2.54. The molecule has 0 aromatic rings. The van der Waals surface area contributed by atoms with Gasteiger partial charge in [0.15, 0.2) is 0 Å². The monoisotopic (exact) mass is 222 g/mol. The van der Waals surface area contributed by atoms with Crippen molar-refractivity contribution in [3.8, 4) is 0 Å². The lowest BCUT2D eigenvalue weighted by molar-refractivity contribution is 0.261. The Morgan fingerprint density at radius 3 is 2.07 bits per heavy atom. The van der Waals surface area contributed by atoms with Crippen molar-refractivity contribution in [1.82, 2.24) is 0 Å². The highest BCUT2D eigenvalue weighted by Gasteiger charge is 2.31. The molecule has 86 valence electrons. The zero-order valence-electron chi connectivity index (χ0n) is 9.78. The maximum Gasteiger partial charge on any atom is 0.333 e. The smallest absolute Gasteiger partial charge is 0.312 e. The van der Waals surface area contributed by atoms with Crippen LogP contribution in [0.15, 0.2) is 0 Å². The molecule has 0 bridgehead atoms. The van der Waals surface area contributed by atoms with E-state index in [9.17, 15) is 4.57 Å². The van der Waals surface area contributed by atoms with Crippen LogP contribution in [0, 0.1) is 0 Å². The van der Waals surface area contributed by atoms with Crippen LogP contribution in [0.25, 0.3) is 0 Å². The lowest BCUT2D eigenvalue weighted by atomic mass is 10.1. The van der Waals surface area contributed by atoms with Crippen LogP contribution >= 0.6 is 7.60 Å². The van der Waals surface area contributed by atoms with Gasteiger partial charge in [0.2, 0.25) is 0 Å². The van der Waals surface area contributed by atoms with Crippen LogP contribution in [0.2, 0.25) is 0 Å². The van der Waals surface area contributed by atoms with Crippen molar-refractivity contribution < 1.29 is 13.6 Å². The zero-order chi connectivity index (χ0) is 11.0. The number of unbranched alkanes of at least 4 members (excludes halogenated alkanes) is 2. The molecule has 0 aromatic heterocycles. The number of hydrogen-bond donors (Lipinski definition) is 0. The van der Waals surface area contributed by atoms with Gasteiger partial charge in [-0.3, -0.25) is 4.57 Å². The fraction of sp³-hybridized carbons (Fsp3) is 1.00. The maximum atomic E-state index is 12.0. The Balaban J connectivity index is 4.16. The molecule has 0 amide bonds. The normalized spacial score (nSPS) is 14.3. The fourth-order valence-corrected chi connectivity index (χ4v) is 3.28. The van der Waals surface area contributed by atoms with Crippen LogP contribution in [-0.2, 0) is 13.6 Å². The maximum absolute atomic E-state index is 12.0. The van der Waals surface area contributed by atoms with Gasteiger partial charge in [-0.1, -0.05) is 33.1 Å². The molecule has 0 aliphatic rings. The van der Waals surface area contributed by atoms with E-state index >= 15 is 0 Å². The predicted molar refractivity (Wildman–Crippen MR) is 59.8 cm³/mol. The van der Waals surface area contributed by atoms with Crippen LogP contribution in [0.3, 0.4) is 0 Å². The summed E-state index contributed by atoms with van der Waals surface area (Å²) in [6, 6.07) is 0. The summed E-state index contributed by atoms with van der Waals surface area (Å²) in [5.41, 5.74) is 0.0593. The van der Waals surface area contributed by atoms with E-state index in [-0.39, 0.29) is 5.66 Å². The lowest BCUT2D eigenvalue weighted by Crippen LogP contribution is -2.10. The molecule has 1 atom stereocenters. The summed E-state index contributed by atoms with van der Waals surface area (Å²) in [4.78, 5) is 0. The van der Waals surface area contributed by atoms with Crippen LogP contribution in [0.1, 0.15) is 46.0 Å². The number of hydrogen-bond acceptors (Lipinski definition) is 3. The third kappa shape index (κ3) is 4.12. The SMILES string of the molecule is CCCCC[C@H](CC)P(=O)(OC)OC. The summed E-state index contributed by atoms with van der Waals surface area (Å²) < 4.78 is 22.0. The molecule has 0 aliphatic carbocycles. The highest BCUT2D eigenvalue weighted by atomic mass is 31.2. The van der Waals surface area contributed by atoms with E-state index < -0.39 is 7.60 Å². The Morgan fingerprint density at radius 1 is 1.14 bits per heavy atom. The topological polar surface area (TPSA) is 35.5 Å². The van der Waals surface area contributed by atoms with Gasteiger partial charge in [0, 0.05) is 14.2 Å². The first-order chi connectivity index (χ1) is 6.64. The molecule has 0 aliphatic heterocycles. The van der Waals surface area contributed by atoms with Gasteiger partial charge in [-0.15, -0.1) is 0 Å². The third-order valence-corrected chi connectivity index (χ3v) is 5.10. The Kier molecular flexibility index (Phi) is 7.52. The summed E-state index contributed by atoms with van der Waals surface area (Å²) in [5, 5.41) is 0. The molecule has 0 aromatic carbocycles. The quantitative estimate of drug-likeness (QED) is 0.462. The molecular formula is C10H23O3P. The van der Waals surface area contributed by atoms with E-state index in [0.717, 1.165) is 19.3 Å². The predicted octanol–water partition coefficient (Wildman–Crippen LogP) is 3.83. The van der Waals surface area contributed by atoms with E-state index in [4.69, 9.17) is 9.05 Å². The van der Waals surface area contributed by atoms with Crippen molar-refractivity contribution in [1.29, 1.82) is 0 Å². The van der Waals surface area contributed by atoms with Gasteiger partial charge >= 0.3 is 7.60 Å². The van der Waals surface area contributed by atoms with Crippen molar-refractivity contribution in [2.75, 3.05) is 14.2 Å². The fourth-order valence-electron chi connectivity index (χ4n) is 1.59. The molecular weight excluding hydrogens is 199 g/mol. The van der Waals surface area contributed by atoms with E-state index in [1.54, 1.807) is 0 Å². The minimum atomic E-state index is -2.83. The second-order valence-electron chi connectivity index (χ2n) is 3.46. The van der Waals surface area contributed by atoms with Crippen molar-refractivity contribution in [3.63, 3.8) is 0 Å². The van der Waals surface area contributed by atoms with Crippen molar-refractivity contribution in [3.05, 3.63) is 0 Å². The largest absolute Gasteiger partial charge is 0.333 e. The molecule has 14 heavy (non-hydrogen) atoms. The van der Waals surface area contributed by atoms with E-state index in [2.05, 4.69) is 6.92 Å². The van der Waals surface area contributed by atoms with Gasteiger partial charge in [-0.25, -0.2) is 0 Å². The van der Waals surface area contributed by atoms with E-state index in [1.165, 1.54) is 27.1 Å². The van der Waals surface area contributed by atoms with E-state index in [1.807, 2.05) is 6.92 Å². The Labute approximate surface area is 87.7 Å². The Morgan fingerprint density at radius 2 is 1.71 bits per heavy atom. The standard InChI is InChI=1S/C10H23O3P/c1-5-7-8-9-10(6-2)14(11,12-3)13-4/h10H,5-9H2,1-4H3/t10-/m0/s1. The van der Waals surface area contributed by atoms with Gasteiger partial charge in [0.05, 0.1) is 5.66 Å². The molecule has 0 saturated heterocycles. The van der Waals surface area contributed by atoms with Crippen molar-refractivity contribution in [2.45, 2.75) is 51.6 Å². The second-order valence-corrected chi connectivity index (χ2v) is 6.00. The molecule has 4 heteroatoms.